The van der Waals surface area contributed by atoms with Gasteiger partial charge in [0, 0.05) is 0 Å². The predicted octanol–water partition coefficient (Wildman–Crippen LogP) is 3.42. The molecule has 0 radical (unpaired) electrons. The highest BCUT2D eigenvalue weighted by Gasteiger charge is 2.18. The molecule has 0 aliphatic heterocycles. The molecule has 2 aromatic heterocycles. The molecule has 0 saturated carbocycles. The highest BCUT2D eigenvalue weighted by molar-refractivity contribution is 7.16. The Kier molecular flexibility index (Phi) is 3.02. The minimum Gasteiger partial charge on any atom is -0.222 e. The summed E-state index contributed by atoms with van der Waals surface area (Å²) in [5.41, 5.74) is 2.51. The van der Waals surface area contributed by atoms with Gasteiger partial charge >= 0.3 is 0 Å². The van der Waals surface area contributed by atoms with E-state index in [-0.39, 0.29) is 0 Å². The summed E-state index contributed by atoms with van der Waals surface area (Å²) in [6.07, 6.45) is 1.04. The second-order valence-electron chi connectivity index (χ2n) is 5.01. The van der Waals surface area contributed by atoms with Crippen LogP contribution in [0.4, 0.5) is 0 Å². The Hall–Kier alpha value is -0.900. The molecule has 0 N–H and O–H groups in total. The fraction of sp³-hybridized carbons (Fsp3) is 0.667. The van der Waals surface area contributed by atoms with Gasteiger partial charge in [0.15, 0.2) is 0 Å². The Morgan fingerprint density at radius 3 is 2.50 bits per heavy atom. The number of hydrogen-bond donors (Lipinski definition) is 0. The summed E-state index contributed by atoms with van der Waals surface area (Å²) < 4.78 is 2.03. The fourth-order valence-electron chi connectivity index (χ4n) is 2.02. The van der Waals surface area contributed by atoms with Crippen molar-refractivity contribution in [3.8, 4) is 0 Å². The van der Waals surface area contributed by atoms with E-state index in [0.717, 1.165) is 16.4 Å². The first-order valence-electron chi connectivity index (χ1n) is 5.84. The van der Waals surface area contributed by atoms with Crippen LogP contribution in [0.25, 0.3) is 4.96 Å². The van der Waals surface area contributed by atoms with Crippen molar-refractivity contribution in [1.29, 1.82) is 0 Å². The van der Waals surface area contributed by atoms with Gasteiger partial charge in [-0.1, -0.05) is 39.0 Å². The van der Waals surface area contributed by atoms with Crippen molar-refractivity contribution in [2.45, 2.75) is 47.0 Å². The van der Waals surface area contributed by atoms with Gasteiger partial charge in [0.25, 0.3) is 0 Å². The standard InChI is InChI=1S/C12H19N3S/c1-7(2)6-10-11(8(3)4)15-12(13-10)16-9(5)14-15/h7-8H,6H2,1-5H3. The summed E-state index contributed by atoms with van der Waals surface area (Å²) in [5, 5.41) is 5.62. The van der Waals surface area contributed by atoms with Crippen LogP contribution in [-0.2, 0) is 6.42 Å². The van der Waals surface area contributed by atoms with Gasteiger partial charge in [-0.3, -0.25) is 0 Å². The van der Waals surface area contributed by atoms with E-state index in [1.165, 1.54) is 11.4 Å². The lowest BCUT2D eigenvalue weighted by Gasteiger charge is -2.08. The van der Waals surface area contributed by atoms with Gasteiger partial charge in [0.05, 0.1) is 11.4 Å². The molecular formula is C12H19N3S. The zero-order chi connectivity index (χ0) is 11.9. The molecule has 0 atom stereocenters. The van der Waals surface area contributed by atoms with Crippen LogP contribution in [0.3, 0.4) is 0 Å². The van der Waals surface area contributed by atoms with Crippen LogP contribution in [0.1, 0.15) is 50.0 Å². The topological polar surface area (TPSA) is 30.2 Å². The number of rotatable bonds is 3. The van der Waals surface area contributed by atoms with Crippen LogP contribution in [0, 0.1) is 12.8 Å². The van der Waals surface area contributed by atoms with Gasteiger partial charge in [-0.15, -0.1) is 0 Å². The molecule has 0 aliphatic rings. The zero-order valence-electron chi connectivity index (χ0n) is 10.6. The average molecular weight is 237 g/mol. The van der Waals surface area contributed by atoms with Gasteiger partial charge < -0.3 is 0 Å². The monoisotopic (exact) mass is 237 g/mol. The molecule has 0 fully saturated rings. The molecule has 3 nitrogen and oxygen atoms in total. The molecule has 0 bridgehead atoms. The average Bonchev–Trinajstić information content (AvgIpc) is 2.57. The number of aryl methyl sites for hydroxylation is 1. The molecule has 0 aromatic carbocycles. The first kappa shape index (κ1) is 11.6. The van der Waals surface area contributed by atoms with Crippen LogP contribution in [0.5, 0.6) is 0 Å². The predicted molar refractivity (Wildman–Crippen MR) is 68.2 cm³/mol. The van der Waals surface area contributed by atoms with Crippen molar-refractivity contribution in [2.75, 3.05) is 0 Å². The molecule has 2 aromatic rings. The van der Waals surface area contributed by atoms with E-state index in [1.54, 1.807) is 11.3 Å². The van der Waals surface area contributed by atoms with Crippen LogP contribution in [0.15, 0.2) is 0 Å². The van der Waals surface area contributed by atoms with Gasteiger partial charge in [0.2, 0.25) is 4.96 Å². The van der Waals surface area contributed by atoms with Crippen molar-refractivity contribution < 1.29 is 0 Å². The first-order chi connectivity index (χ1) is 7.49. The molecule has 0 aliphatic carbocycles. The van der Waals surface area contributed by atoms with Crippen molar-refractivity contribution in [3.05, 3.63) is 16.4 Å². The smallest absolute Gasteiger partial charge is 0.212 e. The van der Waals surface area contributed by atoms with E-state index in [9.17, 15) is 0 Å². The van der Waals surface area contributed by atoms with Crippen molar-refractivity contribution in [3.63, 3.8) is 0 Å². The number of nitrogens with zero attached hydrogens (tertiary/aromatic N) is 3. The largest absolute Gasteiger partial charge is 0.222 e. The lowest BCUT2D eigenvalue weighted by atomic mass is 10.0. The lowest BCUT2D eigenvalue weighted by Crippen LogP contribution is -2.03. The van der Waals surface area contributed by atoms with Crippen molar-refractivity contribution in [1.82, 2.24) is 14.6 Å². The van der Waals surface area contributed by atoms with Gasteiger partial charge in [-0.2, -0.15) is 5.10 Å². The minimum atomic E-state index is 0.477. The summed E-state index contributed by atoms with van der Waals surface area (Å²) in [7, 11) is 0. The maximum Gasteiger partial charge on any atom is 0.212 e. The molecule has 2 heterocycles. The van der Waals surface area contributed by atoms with Gasteiger partial charge in [0.1, 0.15) is 5.01 Å². The first-order valence-corrected chi connectivity index (χ1v) is 6.65. The maximum absolute atomic E-state index is 4.71. The molecule has 0 saturated heterocycles. The zero-order valence-corrected chi connectivity index (χ0v) is 11.4. The summed E-state index contributed by atoms with van der Waals surface area (Å²) in [6.45, 7) is 10.9. The molecule has 0 amide bonds. The van der Waals surface area contributed by atoms with E-state index < -0.39 is 0 Å². The van der Waals surface area contributed by atoms with E-state index in [4.69, 9.17) is 4.98 Å². The molecular weight excluding hydrogens is 218 g/mol. The summed E-state index contributed by atoms with van der Waals surface area (Å²) in [6, 6.07) is 0. The second-order valence-corrected chi connectivity index (χ2v) is 6.17. The van der Waals surface area contributed by atoms with Crippen LogP contribution >= 0.6 is 11.3 Å². The molecule has 0 unspecified atom stereocenters. The Morgan fingerprint density at radius 2 is 1.94 bits per heavy atom. The number of aromatic nitrogens is 3. The Labute approximate surface area is 101 Å². The quantitative estimate of drug-likeness (QED) is 0.818. The van der Waals surface area contributed by atoms with Crippen LogP contribution in [0.2, 0.25) is 0 Å². The Balaban J connectivity index is 2.55. The van der Waals surface area contributed by atoms with Crippen LogP contribution < -0.4 is 0 Å². The normalized spacial score (nSPS) is 12.2. The third kappa shape index (κ3) is 1.98. The third-order valence-corrected chi connectivity index (χ3v) is 3.39. The van der Waals surface area contributed by atoms with Crippen molar-refractivity contribution >= 4 is 16.3 Å². The van der Waals surface area contributed by atoms with E-state index in [1.807, 2.05) is 11.4 Å². The summed E-state index contributed by atoms with van der Waals surface area (Å²) in [5.74, 6) is 1.12. The maximum atomic E-state index is 4.71. The summed E-state index contributed by atoms with van der Waals surface area (Å²) >= 11 is 1.67. The molecule has 0 spiro atoms. The SMILES string of the molecule is Cc1nn2c(C(C)C)c(CC(C)C)nc2s1. The molecule has 2 rings (SSSR count). The third-order valence-electron chi connectivity index (χ3n) is 2.56. The number of fused-ring (bicyclic) bond motifs is 1. The van der Waals surface area contributed by atoms with E-state index >= 15 is 0 Å². The number of imidazole rings is 1. The second kappa shape index (κ2) is 4.17. The molecule has 4 heteroatoms. The lowest BCUT2D eigenvalue weighted by molar-refractivity contribution is 0.623. The molecule has 88 valence electrons. The van der Waals surface area contributed by atoms with Crippen molar-refractivity contribution in [2.24, 2.45) is 5.92 Å². The van der Waals surface area contributed by atoms with Gasteiger partial charge in [-0.05, 0) is 25.2 Å². The summed E-state index contributed by atoms with van der Waals surface area (Å²) in [4.78, 5) is 5.75. The van der Waals surface area contributed by atoms with E-state index in [2.05, 4.69) is 32.8 Å². The minimum absolute atomic E-state index is 0.477. The fourth-order valence-corrected chi connectivity index (χ4v) is 2.78. The molecule has 16 heavy (non-hydrogen) atoms. The highest BCUT2D eigenvalue weighted by atomic mass is 32.1. The number of hydrogen-bond acceptors (Lipinski definition) is 3. The van der Waals surface area contributed by atoms with Gasteiger partial charge in [-0.25, -0.2) is 9.50 Å². The Morgan fingerprint density at radius 1 is 1.25 bits per heavy atom. The van der Waals surface area contributed by atoms with Crippen LogP contribution in [-0.4, -0.2) is 14.6 Å². The highest BCUT2D eigenvalue weighted by Crippen LogP contribution is 2.25. The Bertz CT molecular complexity index is 494. The van der Waals surface area contributed by atoms with E-state index in [0.29, 0.717) is 11.8 Å².